The van der Waals surface area contributed by atoms with Gasteiger partial charge in [-0.1, -0.05) is 32.3 Å². The van der Waals surface area contributed by atoms with Gasteiger partial charge in [-0.15, -0.1) is 0 Å². The Morgan fingerprint density at radius 3 is 2.23 bits per heavy atom. The topological polar surface area (TPSA) is 95.0 Å². The van der Waals surface area contributed by atoms with Crippen LogP contribution in [0.3, 0.4) is 0 Å². The van der Waals surface area contributed by atoms with Crippen molar-refractivity contribution in [2.45, 2.75) is 56.4 Å². The second kappa shape index (κ2) is 14.8. The molecule has 4 rings (SSSR count). The van der Waals surface area contributed by atoms with Gasteiger partial charge in [0.25, 0.3) is 5.91 Å². The number of aromatic nitrogens is 1. The van der Waals surface area contributed by atoms with Crippen LogP contribution in [0.5, 0.6) is 5.75 Å². The third-order valence-electron chi connectivity index (χ3n) is 7.33. The number of aromatic hydroxyl groups is 1. The zero-order valence-corrected chi connectivity index (χ0v) is 24.8. The zero-order valence-electron chi connectivity index (χ0n) is 24.0. The number of hydroxylamine groups is 1. The average Bonchev–Trinajstić information content (AvgIpc) is 3.03. The molecular formula is C30H31F5N4O4S. The third-order valence-corrected chi connectivity index (χ3v) is 8.52. The van der Waals surface area contributed by atoms with E-state index in [1.165, 1.54) is 43.6 Å². The van der Waals surface area contributed by atoms with Gasteiger partial charge in [-0.3, -0.25) is 19.4 Å². The Hall–Kier alpha value is -3.75. The van der Waals surface area contributed by atoms with Crippen molar-refractivity contribution in [2.24, 2.45) is 0 Å². The highest BCUT2D eigenvalue weighted by molar-refractivity contribution is 7.97. The lowest BCUT2D eigenvalue weighted by Crippen LogP contribution is -2.38. The fourth-order valence-corrected chi connectivity index (χ4v) is 5.86. The fourth-order valence-electron chi connectivity index (χ4n) is 4.96. The molecule has 1 aliphatic carbocycles. The van der Waals surface area contributed by atoms with E-state index in [0.29, 0.717) is 11.6 Å². The number of halogens is 5. The van der Waals surface area contributed by atoms with E-state index in [4.69, 9.17) is 0 Å². The molecular weight excluding hydrogens is 607 g/mol. The van der Waals surface area contributed by atoms with Crippen molar-refractivity contribution in [2.75, 3.05) is 25.1 Å². The summed E-state index contributed by atoms with van der Waals surface area (Å²) < 4.78 is 71.0. The summed E-state index contributed by atoms with van der Waals surface area (Å²) in [5.41, 5.74) is 3.71. The van der Waals surface area contributed by atoms with E-state index in [1.54, 1.807) is 12.3 Å². The number of benzene rings is 2. The maximum Gasteiger partial charge on any atom is 0.278 e. The molecule has 0 aliphatic heterocycles. The SMILES string of the molecule is CCN(CC(=O)N(Cc1ccc(C2CCCCC2)cn1)c1ccc(C(=O)NOC)c(O)c1)Sc1c(F)c(F)c(F)c(F)c1F. The summed E-state index contributed by atoms with van der Waals surface area (Å²) in [7, 11) is 1.22. The van der Waals surface area contributed by atoms with Crippen LogP contribution in [-0.4, -0.2) is 46.4 Å². The molecule has 2 N–H and O–H groups in total. The summed E-state index contributed by atoms with van der Waals surface area (Å²) in [4.78, 5) is 35.1. The third kappa shape index (κ3) is 7.48. The Morgan fingerprint density at radius 2 is 1.66 bits per heavy atom. The highest BCUT2D eigenvalue weighted by Crippen LogP contribution is 2.34. The van der Waals surface area contributed by atoms with Crippen LogP contribution in [0.2, 0.25) is 0 Å². The molecule has 3 aromatic rings. The smallest absolute Gasteiger partial charge is 0.278 e. The van der Waals surface area contributed by atoms with Crippen molar-refractivity contribution in [1.82, 2.24) is 14.8 Å². The van der Waals surface area contributed by atoms with Crippen LogP contribution in [0.1, 0.15) is 66.6 Å². The van der Waals surface area contributed by atoms with E-state index in [1.807, 2.05) is 6.07 Å². The van der Waals surface area contributed by atoms with Crippen LogP contribution in [0.25, 0.3) is 0 Å². The molecule has 1 saturated carbocycles. The predicted molar refractivity (Wildman–Crippen MR) is 153 cm³/mol. The first kappa shape index (κ1) is 33.1. The summed E-state index contributed by atoms with van der Waals surface area (Å²) in [6.45, 7) is 0.918. The fraction of sp³-hybridized carbons (Fsp3) is 0.367. The minimum atomic E-state index is -2.28. The first-order valence-corrected chi connectivity index (χ1v) is 14.7. The Bertz CT molecular complexity index is 1480. The molecule has 1 aromatic heterocycles. The summed E-state index contributed by atoms with van der Waals surface area (Å²) in [5.74, 6) is -11.9. The monoisotopic (exact) mass is 638 g/mol. The lowest BCUT2D eigenvalue weighted by atomic mass is 9.85. The first-order chi connectivity index (χ1) is 21.0. The molecule has 2 amide bonds. The molecule has 44 heavy (non-hydrogen) atoms. The highest BCUT2D eigenvalue weighted by Gasteiger charge is 2.29. The van der Waals surface area contributed by atoms with E-state index in [2.05, 4.69) is 15.3 Å². The van der Waals surface area contributed by atoms with Crippen LogP contribution in [-0.2, 0) is 16.2 Å². The number of amides is 2. The molecule has 1 aliphatic rings. The number of pyridine rings is 1. The van der Waals surface area contributed by atoms with E-state index in [9.17, 15) is 36.6 Å². The summed E-state index contributed by atoms with van der Waals surface area (Å²) >= 11 is 0.216. The average molecular weight is 639 g/mol. The second-order valence-electron chi connectivity index (χ2n) is 10.2. The van der Waals surface area contributed by atoms with E-state index in [-0.39, 0.29) is 36.3 Å². The Labute approximate surface area is 255 Å². The maximum absolute atomic E-state index is 14.4. The normalized spacial score (nSPS) is 13.7. The number of rotatable bonds is 11. The molecule has 0 atom stereocenters. The van der Waals surface area contributed by atoms with E-state index in [0.717, 1.165) is 35.6 Å². The van der Waals surface area contributed by atoms with Crippen molar-refractivity contribution < 1.29 is 41.5 Å². The number of nitrogens with zero attached hydrogens (tertiary/aromatic N) is 3. The molecule has 0 bridgehead atoms. The quantitative estimate of drug-likeness (QED) is 0.0827. The van der Waals surface area contributed by atoms with Gasteiger partial charge >= 0.3 is 0 Å². The van der Waals surface area contributed by atoms with Crippen molar-refractivity contribution in [3.05, 3.63) is 82.4 Å². The van der Waals surface area contributed by atoms with E-state index < -0.39 is 58.1 Å². The van der Waals surface area contributed by atoms with Gasteiger partial charge in [0.1, 0.15) is 10.6 Å². The van der Waals surface area contributed by atoms with Gasteiger partial charge in [0.15, 0.2) is 23.3 Å². The molecule has 0 radical (unpaired) electrons. The molecule has 1 fully saturated rings. The van der Waals surface area contributed by atoms with Gasteiger partial charge in [-0.25, -0.2) is 31.7 Å². The van der Waals surface area contributed by atoms with Gasteiger partial charge < -0.3 is 10.0 Å². The van der Waals surface area contributed by atoms with Crippen LogP contribution in [0, 0.1) is 29.1 Å². The van der Waals surface area contributed by atoms with Crippen molar-refractivity contribution in [3.63, 3.8) is 0 Å². The number of phenols is 1. The lowest BCUT2D eigenvalue weighted by Gasteiger charge is -2.27. The van der Waals surface area contributed by atoms with E-state index >= 15 is 0 Å². The minimum Gasteiger partial charge on any atom is -0.507 e. The number of likely N-dealkylation sites (N-methyl/N-ethyl adjacent to an activating group) is 1. The number of hydrogen-bond acceptors (Lipinski definition) is 7. The lowest BCUT2D eigenvalue weighted by molar-refractivity contribution is -0.118. The number of hydrogen-bond donors (Lipinski definition) is 2. The van der Waals surface area contributed by atoms with Gasteiger partial charge in [0.05, 0.1) is 31.5 Å². The number of phenolic OH excluding ortho intramolecular Hbond substituents is 1. The number of nitrogens with one attached hydrogen (secondary N) is 1. The molecule has 2 aromatic carbocycles. The molecule has 0 saturated heterocycles. The number of carbonyl (C=O) groups is 2. The van der Waals surface area contributed by atoms with Crippen molar-refractivity contribution >= 4 is 29.4 Å². The zero-order chi connectivity index (χ0) is 32.0. The van der Waals surface area contributed by atoms with Gasteiger partial charge in [-0.05, 0) is 54.5 Å². The molecule has 0 unspecified atom stereocenters. The van der Waals surface area contributed by atoms with Crippen molar-refractivity contribution in [1.29, 1.82) is 0 Å². The Kier molecular flexibility index (Phi) is 11.2. The molecule has 14 heteroatoms. The Morgan fingerprint density at radius 1 is 1.00 bits per heavy atom. The van der Waals surface area contributed by atoms with Gasteiger partial charge in [-0.2, -0.15) is 0 Å². The van der Waals surface area contributed by atoms with Crippen LogP contribution in [0.4, 0.5) is 27.6 Å². The number of anilines is 1. The predicted octanol–water partition coefficient (Wildman–Crippen LogP) is 6.38. The summed E-state index contributed by atoms with van der Waals surface area (Å²) in [5, 5.41) is 10.6. The van der Waals surface area contributed by atoms with Gasteiger partial charge in [0, 0.05) is 24.5 Å². The largest absolute Gasteiger partial charge is 0.507 e. The van der Waals surface area contributed by atoms with Crippen molar-refractivity contribution in [3.8, 4) is 5.75 Å². The highest BCUT2D eigenvalue weighted by atomic mass is 32.2. The summed E-state index contributed by atoms with van der Waals surface area (Å²) in [6, 6.07) is 7.61. The molecule has 236 valence electrons. The molecule has 0 spiro atoms. The molecule has 1 heterocycles. The maximum atomic E-state index is 14.4. The van der Waals surface area contributed by atoms with Crippen LogP contribution >= 0.6 is 11.9 Å². The standard InChI is InChI=1S/C30H31F5N4O4S/c1-3-38(44-29-27(34)25(32)24(31)26(33)28(29)35)16-23(41)39(20-11-12-21(22(40)13-20)30(42)37-43-2)15-19-10-9-18(14-36-19)17-7-5-4-6-8-17/h9-14,17,40H,3-8,15-16H2,1-2H3,(H,37,42). The summed E-state index contributed by atoms with van der Waals surface area (Å²) in [6.07, 6.45) is 7.40. The van der Waals surface area contributed by atoms with Gasteiger partial charge in [0.2, 0.25) is 11.7 Å². The Balaban J connectivity index is 1.62. The van der Waals surface area contributed by atoms with Crippen LogP contribution in [0.15, 0.2) is 41.4 Å². The second-order valence-corrected chi connectivity index (χ2v) is 11.3. The number of carbonyl (C=O) groups excluding carboxylic acids is 2. The first-order valence-electron chi connectivity index (χ1n) is 13.9. The molecule has 8 nitrogen and oxygen atoms in total. The van der Waals surface area contributed by atoms with Crippen LogP contribution < -0.4 is 10.4 Å². The minimum absolute atomic E-state index is 0.0144.